The highest BCUT2D eigenvalue weighted by Crippen LogP contribution is 2.39. The van der Waals surface area contributed by atoms with Crippen LogP contribution in [0.2, 0.25) is 0 Å². The van der Waals surface area contributed by atoms with Crippen molar-refractivity contribution in [2.75, 3.05) is 13.2 Å². The molecule has 0 amide bonds. The molecule has 38 heavy (non-hydrogen) atoms. The smallest absolute Gasteiger partial charge is 0.390 e. The Labute approximate surface area is 221 Å². The van der Waals surface area contributed by atoms with E-state index in [-0.39, 0.29) is 0 Å². The van der Waals surface area contributed by atoms with Gasteiger partial charge in [0.25, 0.3) is 0 Å². The van der Waals surface area contributed by atoms with E-state index in [1.54, 1.807) is 0 Å². The average Bonchev–Trinajstić information content (AvgIpc) is 3.48. The average molecular weight is 525 g/mol. The fourth-order valence-electron chi connectivity index (χ4n) is 5.44. The van der Waals surface area contributed by atoms with Crippen LogP contribution in [0.15, 0.2) is 48.7 Å². The first kappa shape index (κ1) is 26.4. The zero-order chi connectivity index (χ0) is 27.0. The van der Waals surface area contributed by atoms with Crippen molar-refractivity contribution in [2.45, 2.75) is 65.7 Å². The van der Waals surface area contributed by atoms with Crippen molar-refractivity contribution >= 4 is 10.9 Å². The number of benzene rings is 2. The third-order valence-electron chi connectivity index (χ3n) is 7.33. The third-order valence-corrected chi connectivity index (χ3v) is 7.33. The number of nitrogens with zero attached hydrogens (tertiary/aromatic N) is 3. The van der Waals surface area contributed by atoms with Gasteiger partial charge < -0.3 is 9.72 Å². The molecule has 0 saturated carbocycles. The maximum atomic E-state index is 13.4. The minimum absolute atomic E-state index is 0.359. The molecule has 0 fully saturated rings. The van der Waals surface area contributed by atoms with Gasteiger partial charge >= 0.3 is 6.18 Å². The van der Waals surface area contributed by atoms with Gasteiger partial charge in [-0.2, -0.15) is 18.3 Å². The number of aromatic nitrogens is 3. The van der Waals surface area contributed by atoms with Crippen LogP contribution >= 0.6 is 0 Å². The molecule has 1 atom stereocenters. The minimum Gasteiger partial charge on any atom is -0.491 e. The Bertz CT molecular complexity index is 1420. The highest BCUT2D eigenvalue weighted by atomic mass is 19.4. The number of fused-ring (bicyclic) bond motifs is 2. The molecule has 0 spiro atoms. The standard InChI is InChI=1S/C30H35F3N4O/c1-5-23(16-30(31,32)33)36-14-12-26-24(17-36)29(22-9-10-25-21(15-22)11-13-34-25)37(35-26)28-20(4)7-6-8-27(28)38-18-19(2)3/h6-11,13,15,19,23,34H,5,12,14,16-18H2,1-4H3. The van der Waals surface area contributed by atoms with Gasteiger partial charge in [-0.3, -0.25) is 4.90 Å². The summed E-state index contributed by atoms with van der Waals surface area (Å²) in [4.78, 5) is 5.22. The molecule has 3 heterocycles. The third kappa shape index (κ3) is 5.32. The van der Waals surface area contributed by atoms with Crippen molar-refractivity contribution < 1.29 is 17.9 Å². The Balaban J connectivity index is 1.66. The van der Waals surface area contributed by atoms with Crippen molar-refractivity contribution in [1.29, 1.82) is 0 Å². The number of hydrogen-bond acceptors (Lipinski definition) is 3. The van der Waals surface area contributed by atoms with E-state index in [0.717, 1.165) is 50.4 Å². The first-order valence-electron chi connectivity index (χ1n) is 13.4. The molecule has 2 aromatic heterocycles. The Hall–Kier alpha value is -3.26. The second-order valence-corrected chi connectivity index (χ2v) is 10.7. The summed E-state index contributed by atoms with van der Waals surface area (Å²) in [5, 5.41) is 6.16. The van der Waals surface area contributed by atoms with Crippen LogP contribution in [0.3, 0.4) is 0 Å². The van der Waals surface area contributed by atoms with Crippen molar-refractivity contribution in [3.05, 3.63) is 65.5 Å². The van der Waals surface area contributed by atoms with E-state index in [4.69, 9.17) is 9.84 Å². The predicted molar refractivity (Wildman–Crippen MR) is 145 cm³/mol. The van der Waals surface area contributed by atoms with Gasteiger partial charge in [-0.05, 0) is 49.1 Å². The highest BCUT2D eigenvalue weighted by molar-refractivity contribution is 5.85. The molecular weight excluding hydrogens is 489 g/mol. The Kier molecular flexibility index (Phi) is 7.27. The molecule has 1 unspecified atom stereocenters. The van der Waals surface area contributed by atoms with Gasteiger partial charge in [0, 0.05) is 53.8 Å². The van der Waals surface area contributed by atoms with Crippen LogP contribution in [0.1, 0.15) is 50.4 Å². The van der Waals surface area contributed by atoms with E-state index < -0.39 is 18.6 Å². The number of ether oxygens (including phenoxy) is 1. The topological polar surface area (TPSA) is 46.1 Å². The van der Waals surface area contributed by atoms with Gasteiger partial charge in [-0.1, -0.05) is 39.0 Å². The molecule has 0 radical (unpaired) electrons. The molecule has 202 valence electrons. The lowest BCUT2D eigenvalue weighted by atomic mass is 9.97. The van der Waals surface area contributed by atoms with E-state index >= 15 is 0 Å². The maximum Gasteiger partial charge on any atom is 0.390 e. The molecule has 0 saturated heterocycles. The Morgan fingerprint density at radius 1 is 1.13 bits per heavy atom. The summed E-state index contributed by atoms with van der Waals surface area (Å²) in [5.74, 6) is 1.11. The monoisotopic (exact) mass is 524 g/mol. The van der Waals surface area contributed by atoms with Crippen LogP contribution in [-0.2, 0) is 13.0 Å². The van der Waals surface area contributed by atoms with Crippen molar-refractivity contribution in [3.8, 4) is 22.7 Å². The van der Waals surface area contributed by atoms with Gasteiger partial charge in [-0.25, -0.2) is 4.68 Å². The number of para-hydroxylation sites is 1. The number of alkyl halides is 3. The Morgan fingerprint density at radius 3 is 2.68 bits per heavy atom. The van der Waals surface area contributed by atoms with E-state index in [2.05, 4.69) is 31.0 Å². The first-order chi connectivity index (χ1) is 18.1. The second-order valence-electron chi connectivity index (χ2n) is 10.7. The number of hydrogen-bond donors (Lipinski definition) is 1. The summed E-state index contributed by atoms with van der Waals surface area (Å²) in [6.07, 6.45) is -2.05. The molecule has 5 nitrogen and oxygen atoms in total. The number of rotatable bonds is 8. The van der Waals surface area contributed by atoms with Gasteiger partial charge in [0.2, 0.25) is 0 Å². The summed E-state index contributed by atoms with van der Waals surface area (Å²) in [6.45, 7) is 9.66. The Morgan fingerprint density at radius 2 is 1.95 bits per heavy atom. The number of aryl methyl sites for hydroxylation is 1. The van der Waals surface area contributed by atoms with Crippen molar-refractivity contribution in [3.63, 3.8) is 0 Å². The van der Waals surface area contributed by atoms with Gasteiger partial charge in [0.15, 0.2) is 0 Å². The second kappa shape index (κ2) is 10.5. The van der Waals surface area contributed by atoms with E-state index in [0.29, 0.717) is 38.5 Å². The fraction of sp³-hybridized carbons (Fsp3) is 0.433. The highest BCUT2D eigenvalue weighted by Gasteiger charge is 2.36. The lowest BCUT2D eigenvalue weighted by Gasteiger charge is -2.34. The molecule has 4 aromatic rings. The molecule has 1 aliphatic rings. The molecular formula is C30H35F3N4O. The van der Waals surface area contributed by atoms with Crippen LogP contribution in [0.25, 0.3) is 27.8 Å². The predicted octanol–water partition coefficient (Wildman–Crippen LogP) is 7.45. The molecule has 1 aliphatic heterocycles. The van der Waals surface area contributed by atoms with Crippen LogP contribution in [0.4, 0.5) is 13.2 Å². The molecule has 0 aliphatic carbocycles. The number of aromatic amines is 1. The number of nitrogens with one attached hydrogen (secondary N) is 1. The van der Waals surface area contributed by atoms with Gasteiger partial charge in [0.1, 0.15) is 11.4 Å². The first-order valence-corrected chi connectivity index (χ1v) is 13.4. The largest absolute Gasteiger partial charge is 0.491 e. The van der Waals surface area contributed by atoms with E-state index in [1.165, 1.54) is 0 Å². The van der Waals surface area contributed by atoms with Crippen LogP contribution in [0, 0.1) is 12.8 Å². The SMILES string of the molecule is CCC(CC(F)(F)F)N1CCc2nn(-c3c(C)cccc3OCC(C)C)c(-c3ccc4[nH]ccc4c3)c2C1. The zero-order valence-electron chi connectivity index (χ0n) is 22.4. The number of halogens is 3. The van der Waals surface area contributed by atoms with E-state index in [9.17, 15) is 13.2 Å². The van der Waals surface area contributed by atoms with Crippen LogP contribution in [-0.4, -0.2) is 45.0 Å². The normalized spacial score (nSPS) is 15.3. The van der Waals surface area contributed by atoms with Crippen LogP contribution in [0.5, 0.6) is 5.75 Å². The minimum atomic E-state index is -4.20. The van der Waals surface area contributed by atoms with Crippen molar-refractivity contribution in [1.82, 2.24) is 19.7 Å². The van der Waals surface area contributed by atoms with Crippen molar-refractivity contribution in [2.24, 2.45) is 5.92 Å². The summed E-state index contributed by atoms with van der Waals surface area (Å²) in [7, 11) is 0. The maximum absolute atomic E-state index is 13.4. The molecule has 5 rings (SSSR count). The van der Waals surface area contributed by atoms with Crippen LogP contribution < -0.4 is 4.74 Å². The lowest BCUT2D eigenvalue weighted by molar-refractivity contribution is -0.148. The lowest BCUT2D eigenvalue weighted by Crippen LogP contribution is -2.41. The molecule has 8 heteroatoms. The van der Waals surface area contributed by atoms with Gasteiger partial charge in [0.05, 0.1) is 24.4 Å². The molecule has 0 bridgehead atoms. The number of H-pyrrole nitrogens is 1. The zero-order valence-corrected chi connectivity index (χ0v) is 22.4. The summed E-state index contributed by atoms with van der Waals surface area (Å²) >= 11 is 0. The summed E-state index contributed by atoms with van der Waals surface area (Å²) in [5.41, 5.74) is 6.75. The summed E-state index contributed by atoms with van der Waals surface area (Å²) < 4.78 is 48.4. The van der Waals surface area contributed by atoms with Gasteiger partial charge in [-0.15, -0.1) is 0 Å². The molecule has 1 N–H and O–H groups in total. The van der Waals surface area contributed by atoms with E-state index in [1.807, 2.05) is 60.0 Å². The fourth-order valence-corrected chi connectivity index (χ4v) is 5.44. The summed E-state index contributed by atoms with van der Waals surface area (Å²) in [6, 6.07) is 13.7. The molecule has 2 aromatic carbocycles. The quantitative estimate of drug-likeness (QED) is 0.260.